The predicted octanol–water partition coefficient (Wildman–Crippen LogP) is 2.37. The lowest BCUT2D eigenvalue weighted by atomic mass is 10.1. The molecule has 17 heavy (non-hydrogen) atoms. The molecule has 0 aromatic heterocycles. The van der Waals surface area contributed by atoms with E-state index in [9.17, 15) is 12.8 Å². The molecule has 0 radical (unpaired) electrons. The zero-order valence-electron chi connectivity index (χ0n) is 9.65. The molecule has 1 rings (SSSR count). The van der Waals surface area contributed by atoms with Gasteiger partial charge < -0.3 is 0 Å². The first kappa shape index (κ1) is 14.4. The maximum Gasteiger partial charge on any atom is 0.240 e. The lowest BCUT2D eigenvalue weighted by Gasteiger charge is -2.19. The minimum absolute atomic E-state index is 0.000000787. The van der Waals surface area contributed by atoms with Gasteiger partial charge in [-0.2, -0.15) is 0 Å². The summed E-state index contributed by atoms with van der Waals surface area (Å²) in [6.07, 6.45) is 0. The second-order valence-electron chi connectivity index (χ2n) is 4.00. The highest BCUT2D eigenvalue weighted by Crippen LogP contribution is 2.13. The molecule has 96 valence electrons. The lowest BCUT2D eigenvalue weighted by molar-refractivity contribution is 0.480. The third-order valence-corrected chi connectivity index (χ3v) is 4.59. The summed E-state index contributed by atoms with van der Waals surface area (Å²) in [4.78, 5) is -0.0777. The fourth-order valence-electron chi connectivity index (χ4n) is 1.20. The number of rotatable bonds is 5. The Hall–Kier alpha value is -0.650. The molecule has 0 saturated carbocycles. The van der Waals surface area contributed by atoms with Crippen molar-refractivity contribution >= 4 is 21.6 Å². The van der Waals surface area contributed by atoms with Crippen LogP contribution >= 0.6 is 11.6 Å². The molecule has 0 spiro atoms. The molecular formula is C11H15ClFNO2S. The van der Waals surface area contributed by atoms with Gasteiger partial charge in [0.1, 0.15) is 5.82 Å². The van der Waals surface area contributed by atoms with Crippen molar-refractivity contribution in [3.63, 3.8) is 0 Å². The standard InChI is InChI=1S/C11H15ClFNO2S/c1-8(7-12)9(2)14-17(15,16)11-5-3-4-10(13)6-11/h3-6,8-9,14H,7H2,1-2H3. The number of sulfonamides is 1. The Morgan fingerprint density at radius 2 is 2.06 bits per heavy atom. The minimum atomic E-state index is -3.69. The largest absolute Gasteiger partial charge is 0.240 e. The molecule has 0 amide bonds. The summed E-state index contributed by atoms with van der Waals surface area (Å²) >= 11 is 5.65. The van der Waals surface area contributed by atoms with Crippen molar-refractivity contribution in [3.05, 3.63) is 30.1 Å². The highest BCUT2D eigenvalue weighted by molar-refractivity contribution is 7.89. The third-order valence-electron chi connectivity index (χ3n) is 2.54. The van der Waals surface area contributed by atoms with E-state index in [2.05, 4.69) is 4.72 Å². The number of nitrogens with one attached hydrogen (secondary N) is 1. The van der Waals surface area contributed by atoms with Crippen LogP contribution < -0.4 is 4.72 Å². The fraction of sp³-hybridized carbons (Fsp3) is 0.455. The SMILES string of the molecule is CC(CCl)C(C)NS(=O)(=O)c1cccc(F)c1. The van der Waals surface area contributed by atoms with E-state index in [0.29, 0.717) is 5.88 Å². The molecule has 0 heterocycles. The summed E-state index contributed by atoms with van der Waals surface area (Å²) in [5.74, 6) is -0.224. The van der Waals surface area contributed by atoms with Crippen LogP contribution in [0.15, 0.2) is 29.2 Å². The van der Waals surface area contributed by atoms with Gasteiger partial charge in [0.05, 0.1) is 4.90 Å². The van der Waals surface area contributed by atoms with Gasteiger partial charge in [-0.05, 0) is 31.0 Å². The van der Waals surface area contributed by atoms with Crippen LogP contribution in [0.3, 0.4) is 0 Å². The van der Waals surface area contributed by atoms with Gasteiger partial charge >= 0.3 is 0 Å². The molecule has 1 aromatic rings. The van der Waals surface area contributed by atoms with Crippen LogP contribution in [0.25, 0.3) is 0 Å². The molecule has 0 fully saturated rings. The summed E-state index contributed by atoms with van der Waals surface area (Å²) in [7, 11) is -3.69. The Morgan fingerprint density at radius 3 is 2.59 bits per heavy atom. The van der Waals surface area contributed by atoms with Gasteiger partial charge in [-0.1, -0.05) is 13.0 Å². The van der Waals surface area contributed by atoms with Gasteiger partial charge in [-0.15, -0.1) is 11.6 Å². The Kier molecular flexibility index (Phi) is 4.91. The third kappa shape index (κ3) is 3.94. The number of hydrogen-bond donors (Lipinski definition) is 1. The van der Waals surface area contributed by atoms with Gasteiger partial charge in [-0.3, -0.25) is 0 Å². The molecule has 2 atom stereocenters. The average molecular weight is 280 g/mol. The van der Waals surface area contributed by atoms with Crippen LogP contribution in [0.4, 0.5) is 4.39 Å². The van der Waals surface area contributed by atoms with E-state index in [1.54, 1.807) is 6.92 Å². The van der Waals surface area contributed by atoms with E-state index in [4.69, 9.17) is 11.6 Å². The fourth-order valence-corrected chi connectivity index (χ4v) is 2.85. The molecule has 0 aliphatic carbocycles. The Bertz CT molecular complexity index is 478. The maximum absolute atomic E-state index is 12.9. The highest BCUT2D eigenvalue weighted by atomic mass is 35.5. The monoisotopic (exact) mass is 279 g/mol. The molecule has 0 saturated heterocycles. The number of alkyl halides is 1. The molecule has 6 heteroatoms. The molecule has 2 unspecified atom stereocenters. The minimum Gasteiger partial charge on any atom is -0.208 e. The summed E-state index contributed by atoms with van der Waals surface area (Å²) in [6.45, 7) is 3.57. The van der Waals surface area contributed by atoms with Crippen molar-refractivity contribution in [2.45, 2.75) is 24.8 Å². The Labute approximate surface area is 106 Å². The Balaban J connectivity index is 2.89. The van der Waals surface area contributed by atoms with Crippen LogP contribution in [0.1, 0.15) is 13.8 Å². The molecule has 0 aliphatic heterocycles. The van der Waals surface area contributed by atoms with Crippen LogP contribution in [0.5, 0.6) is 0 Å². The van der Waals surface area contributed by atoms with Crippen LogP contribution in [-0.4, -0.2) is 20.3 Å². The topological polar surface area (TPSA) is 46.2 Å². The van der Waals surface area contributed by atoms with Gasteiger partial charge in [0.15, 0.2) is 0 Å². The molecule has 1 aromatic carbocycles. The van der Waals surface area contributed by atoms with Crippen molar-refractivity contribution in [1.29, 1.82) is 0 Å². The first-order valence-electron chi connectivity index (χ1n) is 5.20. The van der Waals surface area contributed by atoms with E-state index in [1.807, 2.05) is 6.92 Å². The summed E-state index contributed by atoms with van der Waals surface area (Å²) in [5, 5.41) is 0. The first-order chi connectivity index (χ1) is 7.86. The van der Waals surface area contributed by atoms with Crippen molar-refractivity contribution in [1.82, 2.24) is 4.72 Å². The quantitative estimate of drug-likeness (QED) is 0.841. The number of halogens is 2. The smallest absolute Gasteiger partial charge is 0.208 e. The second kappa shape index (κ2) is 5.80. The van der Waals surface area contributed by atoms with E-state index >= 15 is 0 Å². The van der Waals surface area contributed by atoms with Gasteiger partial charge in [0, 0.05) is 11.9 Å². The van der Waals surface area contributed by atoms with Gasteiger partial charge in [-0.25, -0.2) is 17.5 Å². The Morgan fingerprint density at radius 1 is 1.41 bits per heavy atom. The van der Waals surface area contributed by atoms with Gasteiger partial charge in [0.25, 0.3) is 0 Å². The average Bonchev–Trinajstić information content (AvgIpc) is 2.27. The highest BCUT2D eigenvalue weighted by Gasteiger charge is 2.20. The van der Waals surface area contributed by atoms with E-state index in [1.165, 1.54) is 18.2 Å². The van der Waals surface area contributed by atoms with Crippen LogP contribution in [0, 0.1) is 11.7 Å². The number of hydrogen-bond acceptors (Lipinski definition) is 2. The summed E-state index contributed by atoms with van der Waals surface area (Å²) in [5.41, 5.74) is 0. The molecule has 0 aliphatic rings. The van der Waals surface area contributed by atoms with E-state index in [0.717, 1.165) is 6.07 Å². The first-order valence-corrected chi connectivity index (χ1v) is 7.22. The van der Waals surface area contributed by atoms with E-state index < -0.39 is 15.8 Å². The molecule has 3 nitrogen and oxygen atoms in total. The summed E-state index contributed by atoms with van der Waals surface area (Å²) in [6, 6.07) is 4.59. The lowest BCUT2D eigenvalue weighted by Crippen LogP contribution is -2.37. The number of benzene rings is 1. The van der Waals surface area contributed by atoms with Crippen LogP contribution in [-0.2, 0) is 10.0 Å². The predicted molar refractivity (Wildman–Crippen MR) is 66.1 cm³/mol. The van der Waals surface area contributed by atoms with Crippen molar-refractivity contribution < 1.29 is 12.8 Å². The maximum atomic E-state index is 12.9. The van der Waals surface area contributed by atoms with Gasteiger partial charge in [0.2, 0.25) is 10.0 Å². The van der Waals surface area contributed by atoms with Crippen molar-refractivity contribution in [2.75, 3.05) is 5.88 Å². The van der Waals surface area contributed by atoms with Crippen molar-refractivity contribution in [3.8, 4) is 0 Å². The zero-order valence-corrected chi connectivity index (χ0v) is 11.2. The van der Waals surface area contributed by atoms with Crippen LogP contribution in [0.2, 0.25) is 0 Å². The molecular weight excluding hydrogens is 265 g/mol. The summed E-state index contributed by atoms with van der Waals surface area (Å²) < 4.78 is 39.2. The normalized spacial score (nSPS) is 15.5. The van der Waals surface area contributed by atoms with E-state index in [-0.39, 0.29) is 16.9 Å². The molecule has 0 bridgehead atoms. The zero-order chi connectivity index (χ0) is 13.1. The molecule has 1 N–H and O–H groups in total. The second-order valence-corrected chi connectivity index (χ2v) is 6.02. The van der Waals surface area contributed by atoms with Crippen molar-refractivity contribution in [2.24, 2.45) is 5.92 Å².